The lowest BCUT2D eigenvalue weighted by atomic mass is 9.92. The normalized spacial score (nSPS) is 22.8. The lowest BCUT2D eigenvalue weighted by Crippen LogP contribution is -2.49. The Kier molecular flexibility index (Phi) is 5.76. The summed E-state index contributed by atoms with van der Waals surface area (Å²) >= 11 is 0. The van der Waals surface area contributed by atoms with Gasteiger partial charge in [-0.2, -0.15) is 0 Å². The minimum Gasteiger partial charge on any atom is -0.334 e. The quantitative estimate of drug-likeness (QED) is 0.908. The zero-order valence-electron chi connectivity index (χ0n) is 11.0. The second-order valence-electron chi connectivity index (χ2n) is 5.02. The van der Waals surface area contributed by atoms with E-state index >= 15 is 0 Å². The largest absolute Gasteiger partial charge is 0.334 e. The predicted molar refractivity (Wildman–Crippen MR) is 75.9 cm³/mol. The Bertz CT molecular complexity index is 424. The van der Waals surface area contributed by atoms with Gasteiger partial charge in [0.2, 0.25) is 0 Å². The Morgan fingerprint density at radius 2 is 2.05 bits per heavy atom. The number of carbonyl (C=O) groups is 1. The first-order valence-corrected chi connectivity index (χ1v) is 6.38. The summed E-state index contributed by atoms with van der Waals surface area (Å²) in [5.74, 6) is 0.238. The number of amides is 1. The van der Waals surface area contributed by atoms with Crippen molar-refractivity contribution < 1.29 is 9.18 Å². The van der Waals surface area contributed by atoms with E-state index < -0.39 is 0 Å². The second-order valence-corrected chi connectivity index (χ2v) is 5.02. The number of nitrogens with two attached hydrogens (primary N) is 1. The fourth-order valence-electron chi connectivity index (χ4n) is 2.50. The number of carbonyl (C=O) groups excluding carboxylic acids is 1. The van der Waals surface area contributed by atoms with E-state index in [1.165, 1.54) is 24.3 Å². The average molecular weight is 287 g/mol. The van der Waals surface area contributed by atoms with E-state index in [0.29, 0.717) is 18.0 Å². The molecule has 0 bridgehead atoms. The van der Waals surface area contributed by atoms with Crippen molar-refractivity contribution in [2.24, 2.45) is 11.7 Å². The van der Waals surface area contributed by atoms with Crippen molar-refractivity contribution in [1.82, 2.24) is 4.90 Å². The van der Waals surface area contributed by atoms with Crippen LogP contribution in [0, 0.1) is 11.7 Å². The van der Waals surface area contributed by atoms with E-state index in [0.717, 1.165) is 19.4 Å². The smallest absolute Gasteiger partial charge is 0.254 e. The zero-order valence-corrected chi connectivity index (χ0v) is 11.8. The molecular weight excluding hydrogens is 267 g/mol. The molecule has 0 saturated carbocycles. The third kappa shape index (κ3) is 3.67. The Labute approximate surface area is 119 Å². The van der Waals surface area contributed by atoms with E-state index in [4.69, 9.17) is 5.73 Å². The maximum atomic E-state index is 12.8. The van der Waals surface area contributed by atoms with Crippen LogP contribution in [0.25, 0.3) is 0 Å². The number of likely N-dealkylation sites (tertiary alicyclic amines) is 1. The molecule has 1 heterocycles. The highest BCUT2D eigenvalue weighted by Crippen LogP contribution is 2.23. The topological polar surface area (TPSA) is 46.3 Å². The Hall–Kier alpha value is -1.13. The molecule has 1 fully saturated rings. The summed E-state index contributed by atoms with van der Waals surface area (Å²) in [5, 5.41) is 0. The van der Waals surface area contributed by atoms with Crippen molar-refractivity contribution >= 4 is 18.3 Å². The standard InChI is InChI=1S/C14H19FN2O.ClH/c1-10-6-7-17(13(8-10)9-16)14(18)11-2-4-12(15)5-3-11;/h2-5,10,13H,6-9,16H2,1H3;1H. The molecule has 106 valence electrons. The molecule has 3 nitrogen and oxygen atoms in total. The van der Waals surface area contributed by atoms with Gasteiger partial charge in [0.25, 0.3) is 5.91 Å². The molecule has 1 saturated heterocycles. The Morgan fingerprint density at radius 3 is 2.63 bits per heavy atom. The van der Waals surface area contributed by atoms with E-state index in [9.17, 15) is 9.18 Å². The van der Waals surface area contributed by atoms with Crippen LogP contribution >= 0.6 is 12.4 Å². The van der Waals surface area contributed by atoms with Crippen molar-refractivity contribution in [3.63, 3.8) is 0 Å². The molecule has 2 unspecified atom stereocenters. The van der Waals surface area contributed by atoms with Gasteiger partial charge in [0, 0.05) is 24.7 Å². The monoisotopic (exact) mass is 286 g/mol. The summed E-state index contributed by atoms with van der Waals surface area (Å²) in [6.07, 6.45) is 1.95. The number of rotatable bonds is 2. The third-order valence-corrected chi connectivity index (χ3v) is 3.60. The van der Waals surface area contributed by atoms with E-state index in [2.05, 4.69) is 6.92 Å². The summed E-state index contributed by atoms with van der Waals surface area (Å²) in [6, 6.07) is 5.80. The molecule has 2 N–H and O–H groups in total. The van der Waals surface area contributed by atoms with Crippen LogP contribution in [0.15, 0.2) is 24.3 Å². The Balaban J connectivity index is 0.00000180. The van der Waals surface area contributed by atoms with E-state index in [-0.39, 0.29) is 30.2 Å². The molecule has 0 aliphatic carbocycles. The molecule has 1 aromatic carbocycles. The highest BCUT2D eigenvalue weighted by atomic mass is 35.5. The number of benzene rings is 1. The summed E-state index contributed by atoms with van der Waals surface area (Å²) in [5.41, 5.74) is 6.27. The van der Waals surface area contributed by atoms with Crippen LogP contribution in [0.3, 0.4) is 0 Å². The fourth-order valence-corrected chi connectivity index (χ4v) is 2.50. The van der Waals surface area contributed by atoms with Crippen LogP contribution in [0.4, 0.5) is 4.39 Å². The molecular formula is C14H20ClFN2O. The van der Waals surface area contributed by atoms with Crippen LogP contribution in [-0.4, -0.2) is 29.9 Å². The van der Waals surface area contributed by atoms with Gasteiger partial charge in [-0.1, -0.05) is 6.92 Å². The van der Waals surface area contributed by atoms with Gasteiger partial charge in [-0.05, 0) is 43.0 Å². The maximum absolute atomic E-state index is 12.8. The fraction of sp³-hybridized carbons (Fsp3) is 0.500. The summed E-state index contributed by atoms with van der Waals surface area (Å²) in [4.78, 5) is 14.2. The van der Waals surface area contributed by atoms with Crippen LogP contribution < -0.4 is 5.73 Å². The molecule has 1 aliphatic rings. The predicted octanol–water partition coefficient (Wildman–Crippen LogP) is 2.45. The highest BCUT2D eigenvalue weighted by Gasteiger charge is 2.29. The third-order valence-electron chi connectivity index (χ3n) is 3.60. The first-order valence-electron chi connectivity index (χ1n) is 6.38. The van der Waals surface area contributed by atoms with Gasteiger partial charge in [0.15, 0.2) is 0 Å². The molecule has 19 heavy (non-hydrogen) atoms. The van der Waals surface area contributed by atoms with E-state index in [1.807, 2.05) is 4.90 Å². The molecule has 0 spiro atoms. The summed E-state index contributed by atoms with van der Waals surface area (Å²) in [7, 11) is 0. The van der Waals surface area contributed by atoms with Crippen molar-refractivity contribution in [3.8, 4) is 0 Å². The van der Waals surface area contributed by atoms with Crippen molar-refractivity contribution in [1.29, 1.82) is 0 Å². The van der Waals surface area contributed by atoms with Crippen LogP contribution in [-0.2, 0) is 0 Å². The summed E-state index contributed by atoms with van der Waals surface area (Å²) < 4.78 is 12.8. The van der Waals surface area contributed by atoms with Crippen molar-refractivity contribution in [2.45, 2.75) is 25.8 Å². The van der Waals surface area contributed by atoms with Gasteiger partial charge in [0.1, 0.15) is 5.82 Å². The SMILES string of the molecule is CC1CCN(C(=O)c2ccc(F)cc2)C(CN)C1.Cl. The van der Waals surface area contributed by atoms with Crippen LogP contribution in [0.5, 0.6) is 0 Å². The van der Waals surface area contributed by atoms with Crippen molar-refractivity contribution in [2.75, 3.05) is 13.1 Å². The lowest BCUT2D eigenvalue weighted by Gasteiger charge is -2.38. The van der Waals surface area contributed by atoms with Gasteiger partial charge in [-0.25, -0.2) is 4.39 Å². The van der Waals surface area contributed by atoms with Gasteiger partial charge >= 0.3 is 0 Å². The van der Waals surface area contributed by atoms with E-state index in [1.54, 1.807) is 0 Å². The molecule has 1 aliphatic heterocycles. The molecule has 1 amide bonds. The number of nitrogens with zero attached hydrogens (tertiary/aromatic N) is 1. The highest BCUT2D eigenvalue weighted by molar-refractivity contribution is 5.94. The van der Waals surface area contributed by atoms with Gasteiger partial charge < -0.3 is 10.6 Å². The number of halogens is 2. The first-order chi connectivity index (χ1) is 8.61. The minimum atomic E-state index is -0.325. The molecule has 5 heteroatoms. The Morgan fingerprint density at radius 1 is 1.42 bits per heavy atom. The number of hydrogen-bond acceptors (Lipinski definition) is 2. The number of piperidine rings is 1. The molecule has 0 aromatic heterocycles. The molecule has 1 aromatic rings. The average Bonchev–Trinajstić information content (AvgIpc) is 2.38. The second kappa shape index (κ2) is 6.87. The van der Waals surface area contributed by atoms with Crippen LogP contribution in [0.2, 0.25) is 0 Å². The maximum Gasteiger partial charge on any atom is 0.254 e. The number of hydrogen-bond donors (Lipinski definition) is 1. The lowest BCUT2D eigenvalue weighted by molar-refractivity contribution is 0.0573. The molecule has 2 rings (SSSR count). The van der Waals surface area contributed by atoms with Crippen molar-refractivity contribution in [3.05, 3.63) is 35.6 Å². The van der Waals surface area contributed by atoms with Gasteiger partial charge in [-0.15, -0.1) is 12.4 Å². The summed E-state index contributed by atoms with van der Waals surface area (Å²) in [6.45, 7) is 3.40. The molecule has 2 atom stereocenters. The molecule has 0 radical (unpaired) electrons. The van der Waals surface area contributed by atoms with Gasteiger partial charge in [0.05, 0.1) is 0 Å². The zero-order chi connectivity index (χ0) is 13.1. The van der Waals surface area contributed by atoms with Crippen LogP contribution in [0.1, 0.15) is 30.1 Å². The first kappa shape index (κ1) is 15.9. The minimum absolute atomic E-state index is 0. The van der Waals surface area contributed by atoms with Gasteiger partial charge in [-0.3, -0.25) is 4.79 Å².